The highest BCUT2D eigenvalue weighted by Crippen LogP contribution is 2.28. The maximum atomic E-state index is 13.6. The molecule has 1 atom stereocenters. The Balaban J connectivity index is 1.77. The molecule has 0 unspecified atom stereocenters. The number of anilines is 1. The predicted octanol–water partition coefficient (Wildman–Crippen LogP) is 3.41. The van der Waals surface area contributed by atoms with Crippen LogP contribution in [0.15, 0.2) is 55.1 Å². The van der Waals surface area contributed by atoms with Crippen LogP contribution in [0.3, 0.4) is 0 Å². The molecular formula is C18H14FN7O2. The van der Waals surface area contributed by atoms with Gasteiger partial charge in [0, 0.05) is 12.4 Å². The molecule has 0 aliphatic heterocycles. The molecule has 4 aromatic heterocycles. The van der Waals surface area contributed by atoms with Gasteiger partial charge in [-0.25, -0.2) is 19.3 Å². The summed E-state index contributed by atoms with van der Waals surface area (Å²) in [5, 5.41) is 14.4. The van der Waals surface area contributed by atoms with Crippen LogP contribution in [0, 0.1) is 15.9 Å². The number of nitrogens with zero attached hydrogens (tertiary/aromatic N) is 6. The van der Waals surface area contributed by atoms with E-state index in [1.165, 1.54) is 28.9 Å². The van der Waals surface area contributed by atoms with Crippen molar-refractivity contribution in [1.29, 1.82) is 0 Å². The van der Waals surface area contributed by atoms with Crippen molar-refractivity contribution in [3.05, 3.63) is 76.7 Å². The van der Waals surface area contributed by atoms with E-state index < -0.39 is 10.7 Å². The molecule has 0 aliphatic carbocycles. The van der Waals surface area contributed by atoms with Gasteiger partial charge in [-0.3, -0.25) is 19.5 Å². The lowest BCUT2D eigenvalue weighted by molar-refractivity contribution is -0.384. The average Bonchev–Trinajstić information content (AvgIpc) is 3.11. The van der Waals surface area contributed by atoms with Gasteiger partial charge in [-0.15, -0.1) is 0 Å². The summed E-state index contributed by atoms with van der Waals surface area (Å²) in [6, 6.07) is 7.90. The third-order valence-corrected chi connectivity index (χ3v) is 4.15. The molecular weight excluding hydrogens is 365 g/mol. The summed E-state index contributed by atoms with van der Waals surface area (Å²) >= 11 is 0. The molecule has 0 spiro atoms. The standard InChI is InChI=1S/C18H14FN7O2/c1-11(13-4-2-3-7-20-13)23-18-15(26(27)28)9-22-17(24-18)14-8-21-16-6-5-12(19)10-25(14)16/h2-11H,1H3,(H,22,23,24)/t11-/m1/s1. The number of pyridine rings is 2. The number of hydrogen-bond donors (Lipinski definition) is 1. The Morgan fingerprint density at radius 1 is 1.18 bits per heavy atom. The normalized spacial score (nSPS) is 12.1. The van der Waals surface area contributed by atoms with E-state index in [4.69, 9.17) is 0 Å². The topological polar surface area (TPSA) is 111 Å². The largest absolute Gasteiger partial charge is 0.356 e. The minimum Gasteiger partial charge on any atom is -0.356 e. The lowest BCUT2D eigenvalue weighted by Crippen LogP contribution is -2.12. The summed E-state index contributed by atoms with van der Waals surface area (Å²) in [5.41, 5.74) is 1.35. The van der Waals surface area contributed by atoms with Crippen molar-refractivity contribution in [3.8, 4) is 11.5 Å². The number of imidazole rings is 1. The Bertz CT molecular complexity index is 1160. The van der Waals surface area contributed by atoms with Crippen LogP contribution in [0.2, 0.25) is 0 Å². The second-order valence-corrected chi connectivity index (χ2v) is 6.02. The van der Waals surface area contributed by atoms with Crippen LogP contribution in [-0.4, -0.2) is 29.3 Å². The minimum absolute atomic E-state index is 0.0412. The molecule has 0 saturated heterocycles. The molecule has 28 heavy (non-hydrogen) atoms. The van der Waals surface area contributed by atoms with Gasteiger partial charge in [-0.1, -0.05) is 6.07 Å². The molecule has 10 heteroatoms. The summed E-state index contributed by atoms with van der Waals surface area (Å²) in [6.07, 6.45) is 5.50. The monoisotopic (exact) mass is 379 g/mol. The van der Waals surface area contributed by atoms with E-state index in [0.717, 1.165) is 6.20 Å². The molecule has 0 fully saturated rings. The van der Waals surface area contributed by atoms with E-state index in [1.807, 2.05) is 13.0 Å². The summed E-state index contributed by atoms with van der Waals surface area (Å²) in [7, 11) is 0. The van der Waals surface area contributed by atoms with Crippen molar-refractivity contribution in [2.75, 3.05) is 5.32 Å². The molecule has 4 rings (SSSR count). The number of fused-ring (bicyclic) bond motifs is 1. The van der Waals surface area contributed by atoms with Crippen molar-refractivity contribution < 1.29 is 9.31 Å². The zero-order valence-electron chi connectivity index (χ0n) is 14.7. The smallest absolute Gasteiger partial charge is 0.329 e. The summed E-state index contributed by atoms with van der Waals surface area (Å²) < 4.78 is 15.1. The molecule has 0 amide bonds. The Morgan fingerprint density at radius 2 is 2.04 bits per heavy atom. The molecule has 0 radical (unpaired) electrons. The number of nitrogens with one attached hydrogen (secondary N) is 1. The zero-order valence-corrected chi connectivity index (χ0v) is 14.7. The van der Waals surface area contributed by atoms with Crippen molar-refractivity contribution in [1.82, 2.24) is 24.3 Å². The fourth-order valence-electron chi connectivity index (χ4n) is 2.77. The number of halogens is 1. The highest BCUT2D eigenvalue weighted by Gasteiger charge is 2.21. The highest BCUT2D eigenvalue weighted by atomic mass is 19.1. The molecule has 0 aliphatic rings. The van der Waals surface area contributed by atoms with Gasteiger partial charge in [-0.2, -0.15) is 0 Å². The number of hydrogen-bond acceptors (Lipinski definition) is 7. The number of nitro groups is 1. The summed E-state index contributed by atoms with van der Waals surface area (Å²) in [4.78, 5) is 27.6. The first-order chi connectivity index (χ1) is 13.5. The molecule has 0 aromatic carbocycles. The average molecular weight is 379 g/mol. The SMILES string of the molecule is C[C@@H](Nc1nc(-c2cnc3ccc(F)cn23)ncc1[N+](=O)[O-])c1ccccn1. The molecule has 9 nitrogen and oxygen atoms in total. The van der Waals surface area contributed by atoms with Gasteiger partial charge in [0.15, 0.2) is 5.82 Å². The van der Waals surface area contributed by atoms with Crippen LogP contribution in [0.1, 0.15) is 18.7 Å². The van der Waals surface area contributed by atoms with E-state index in [0.29, 0.717) is 17.0 Å². The number of rotatable bonds is 5. The van der Waals surface area contributed by atoms with Crippen LogP contribution in [-0.2, 0) is 0 Å². The van der Waals surface area contributed by atoms with Gasteiger partial charge in [0.2, 0.25) is 5.82 Å². The molecule has 0 bridgehead atoms. The minimum atomic E-state index is -0.564. The second kappa shape index (κ2) is 6.99. The molecule has 1 N–H and O–H groups in total. The first-order valence-electron chi connectivity index (χ1n) is 8.35. The van der Waals surface area contributed by atoms with Gasteiger partial charge in [0.1, 0.15) is 23.4 Å². The van der Waals surface area contributed by atoms with Gasteiger partial charge >= 0.3 is 5.69 Å². The van der Waals surface area contributed by atoms with Crippen LogP contribution < -0.4 is 5.32 Å². The Labute approximate surface area is 158 Å². The highest BCUT2D eigenvalue weighted by molar-refractivity contribution is 5.63. The van der Waals surface area contributed by atoms with Crippen LogP contribution in [0.4, 0.5) is 15.9 Å². The molecule has 4 aromatic rings. The van der Waals surface area contributed by atoms with Crippen molar-refractivity contribution in [2.24, 2.45) is 0 Å². The Morgan fingerprint density at radius 3 is 2.79 bits per heavy atom. The van der Waals surface area contributed by atoms with Gasteiger partial charge < -0.3 is 5.32 Å². The fraction of sp³-hybridized carbons (Fsp3) is 0.111. The number of aromatic nitrogens is 5. The summed E-state index contributed by atoms with van der Waals surface area (Å²) in [5.74, 6) is -0.227. The van der Waals surface area contributed by atoms with Gasteiger partial charge in [0.05, 0.1) is 22.9 Å². The first-order valence-corrected chi connectivity index (χ1v) is 8.35. The molecule has 4 heterocycles. The van der Waals surface area contributed by atoms with Crippen LogP contribution in [0.25, 0.3) is 17.2 Å². The van der Waals surface area contributed by atoms with Gasteiger partial charge in [0.25, 0.3) is 0 Å². The third kappa shape index (κ3) is 3.22. The maximum Gasteiger partial charge on any atom is 0.329 e. The quantitative estimate of drug-likeness (QED) is 0.418. The van der Waals surface area contributed by atoms with Crippen molar-refractivity contribution in [2.45, 2.75) is 13.0 Å². The Hall–Kier alpha value is -3.95. The van der Waals surface area contributed by atoms with Gasteiger partial charge in [-0.05, 0) is 31.2 Å². The van der Waals surface area contributed by atoms with E-state index in [-0.39, 0.29) is 23.4 Å². The van der Waals surface area contributed by atoms with E-state index >= 15 is 0 Å². The second-order valence-electron chi connectivity index (χ2n) is 6.02. The first kappa shape index (κ1) is 17.5. The lowest BCUT2D eigenvalue weighted by Gasteiger charge is -2.14. The Kier molecular flexibility index (Phi) is 4.36. The molecule has 0 saturated carbocycles. The summed E-state index contributed by atoms with van der Waals surface area (Å²) in [6.45, 7) is 1.82. The van der Waals surface area contributed by atoms with Crippen LogP contribution in [0.5, 0.6) is 0 Å². The maximum absolute atomic E-state index is 13.6. The van der Waals surface area contributed by atoms with E-state index in [2.05, 4.69) is 25.3 Å². The zero-order chi connectivity index (χ0) is 19.7. The molecule has 140 valence electrons. The fourth-order valence-corrected chi connectivity index (χ4v) is 2.77. The van der Waals surface area contributed by atoms with E-state index in [1.54, 1.807) is 18.3 Å². The van der Waals surface area contributed by atoms with Crippen molar-refractivity contribution >= 4 is 17.2 Å². The van der Waals surface area contributed by atoms with Crippen molar-refractivity contribution in [3.63, 3.8) is 0 Å². The third-order valence-electron chi connectivity index (χ3n) is 4.15. The van der Waals surface area contributed by atoms with E-state index in [9.17, 15) is 14.5 Å². The predicted molar refractivity (Wildman–Crippen MR) is 99.1 cm³/mol. The van der Waals surface area contributed by atoms with Crippen LogP contribution >= 0.6 is 0 Å². The lowest BCUT2D eigenvalue weighted by atomic mass is 10.2.